The third-order valence-electron chi connectivity index (χ3n) is 2.81. The summed E-state index contributed by atoms with van der Waals surface area (Å²) in [7, 11) is 0. The van der Waals surface area contributed by atoms with Crippen molar-refractivity contribution in [3.63, 3.8) is 0 Å². The quantitative estimate of drug-likeness (QED) is 0.882. The molecule has 2 aromatic rings. The fourth-order valence-electron chi connectivity index (χ4n) is 2.04. The first-order chi connectivity index (χ1) is 8.31. The van der Waals surface area contributed by atoms with E-state index in [2.05, 4.69) is 22.3 Å². The lowest BCUT2D eigenvalue weighted by Gasteiger charge is -2.17. The van der Waals surface area contributed by atoms with E-state index in [0.29, 0.717) is 5.13 Å². The SMILES string of the molecule is Nc1nnc(Cc2ccc3c(c2)CCCO3)s1. The zero-order valence-electron chi connectivity index (χ0n) is 9.35. The summed E-state index contributed by atoms with van der Waals surface area (Å²) in [5, 5.41) is 9.34. The molecule has 0 atom stereocenters. The Morgan fingerprint density at radius 1 is 1.35 bits per heavy atom. The highest BCUT2D eigenvalue weighted by molar-refractivity contribution is 7.15. The number of hydrogen-bond acceptors (Lipinski definition) is 5. The lowest BCUT2D eigenvalue weighted by atomic mass is 10.0. The van der Waals surface area contributed by atoms with Crippen LogP contribution in [0.4, 0.5) is 5.13 Å². The predicted molar refractivity (Wildman–Crippen MR) is 67.4 cm³/mol. The minimum absolute atomic E-state index is 0.529. The van der Waals surface area contributed by atoms with Gasteiger partial charge in [0.05, 0.1) is 6.61 Å². The molecule has 0 saturated heterocycles. The van der Waals surface area contributed by atoms with Crippen molar-refractivity contribution in [3.05, 3.63) is 34.3 Å². The molecular formula is C12H13N3OS. The van der Waals surface area contributed by atoms with Crippen LogP contribution in [0.25, 0.3) is 0 Å². The van der Waals surface area contributed by atoms with Gasteiger partial charge in [-0.15, -0.1) is 10.2 Å². The van der Waals surface area contributed by atoms with E-state index in [0.717, 1.165) is 36.6 Å². The van der Waals surface area contributed by atoms with Gasteiger partial charge in [0, 0.05) is 6.42 Å². The van der Waals surface area contributed by atoms with E-state index in [-0.39, 0.29) is 0 Å². The first-order valence-electron chi connectivity index (χ1n) is 5.64. The zero-order chi connectivity index (χ0) is 11.7. The summed E-state index contributed by atoms with van der Waals surface area (Å²) in [6, 6.07) is 6.34. The number of nitrogens with two attached hydrogens (primary N) is 1. The first-order valence-corrected chi connectivity index (χ1v) is 6.45. The van der Waals surface area contributed by atoms with Crippen molar-refractivity contribution in [1.82, 2.24) is 10.2 Å². The number of rotatable bonds is 2. The number of nitrogen functional groups attached to an aromatic ring is 1. The number of benzene rings is 1. The van der Waals surface area contributed by atoms with Crippen molar-refractivity contribution in [2.24, 2.45) is 0 Å². The molecule has 2 N–H and O–H groups in total. The summed E-state index contributed by atoms with van der Waals surface area (Å²) in [6.07, 6.45) is 2.99. The normalized spacial score (nSPS) is 14.1. The second kappa shape index (κ2) is 4.33. The molecule has 0 saturated carbocycles. The van der Waals surface area contributed by atoms with Crippen LogP contribution in [0.2, 0.25) is 0 Å². The number of aryl methyl sites for hydroxylation is 1. The Morgan fingerprint density at radius 3 is 3.12 bits per heavy atom. The third-order valence-corrected chi connectivity index (χ3v) is 3.56. The van der Waals surface area contributed by atoms with Crippen LogP contribution in [0, 0.1) is 0 Å². The van der Waals surface area contributed by atoms with Crippen LogP contribution >= 0.6 is 11.3 Å². The fraction of sp³-hybridized carbons (Fsp3) is 0.333. The minimum atomic E-state index is 0.529. The van der Waals surface area contributed by atoms with E-state index >= 15 is 0 Å². The van der Waals surface area contributed by atoms with Crippen molar-refractivity contribution >= 4 is 16.5 Å². The van der Waals surface area contributed by atoms with Gasteiger partial charge in [-0.3, -0.25) is 0 Å². The average Bonchev–Trinajstić information content (AvgIpc) is 2.75. The highest BCUT2D eigenvalue weighted by Crippen LogP contribution is 2.26. The Hall–Kier alpha value is -1.62. The Morgan fingerprint density at radius 2 is 2.29 bits per heavy atom. The Bertz CT molecular complexity index is 538. The number of nitrogens with zero attached hydrogens (tertiary/aromatic N) is 2. The van der Waals surface area contributed by atoms with Crippen LogP contribution in [0.3, 0.4) is 0 Å². The molecule has 2 heterocycles. The molecule has 1 aromatic carbocycles. The van der Waals surface area contributed by atoms with Gasteiger partial charge in [-0.1, -0.05) is 23.5 Å². The second-order valence-electron chi connectivity index (χ2n) is 4.10. The van der Waals surface area contributed by atoms with Crippen LogP contribution in [0.15, 0.2) is 18.2 Å². The van der Waals surface area contributed by atoms with Gasteiger partial charge in [0.1, 0.15) is 10.8 Å². The molecule has 0 spiro atoms. The maximum absolute atomic E-state index is 5.59. The van der Waals surface area contributed by atoms with Crippen LogP contribution in [0.5, 0.6) is 5.75 Å². The Balaban J connectivity index is 1.84. The van der Waals surface area contributed by atoms with Crippen molar-refractivity contribution < 1.29 is 4.74 Å². The van der Waals surface area contributed by atoms with E-state index in [1.807, 2.05) is 6.07 Å². The molecule has 0 unspecified atom stereocenters. The van der Waals surface area contributed by atoms with Crippen molar-refractivity contribution in [2.45, 2.75) is 19.3 Å². The zero-order valence-corrected chi connectivity index (χ0v) is 10.2. The summed E-state index contributed by atoms with van der Waals surface area (Å²) < 4.78 is 5.59. The summed E-state index contributed by atoms with van der Waals surface area (Å²) in [5.41, 5.74) is 8.11. The van der Waals surface area contributed by atoms with Crippen LogP contribution in [-0.2, 0) is 12.8 Å². The van der Waals surface area contributed by atoms with E-state index in [1.165, 1.54) is 22.5 Å². The maximum Gasteiger partial charge on any atom is 0.203 e. The van der Waals surface area contributed by atoms with Crippen molar-refractivity contribution in [3.8, 4) is 5.75 Å². The smallest absolute Gasteiger partial charge is 0.203 e. The first kappa shape index (κ1) is 10.5. The fourth-order valence-corrected chi connectivity index (χ4v) is 2.68. The minimum Gasteiger partial charge on any atom is -0.493 e. The standard InChI is InChI=1S/C12H13N3OS/c13-12-15-14-11(17-12)7-8-3-4-10-9(6-8)2-1-5-16-10/h3-4,6H,1-2,5,7H2,(H2,13,15). The molecule has 5 heteroatoms. The Labute approximate surface area is 103 Å². The molecule has 88 valence electrons. The van der Waals surface area contributed by atoms with Crippen LogP contribution in [0.1, 0.15) is 22.6 Å². The number of ether oxygens (including phenoxy) is 1. The summed E-state index contributed by atoms with van der Waals surface area (Å²) in [6.45, 7) is 0.833. The number of anilines is 1. The van der Waals surface area contributed by atoms with Crippen molar-refractivity contribution in [1.29, 1.82) is 0 Å². The molecule has 0 fully saturated rings. The second-order valence-corrected chi connectivity index (χ2v) is 5.20. The summed E-state index contributed by atoms with van der Waals surface area (Å²) in [5.74, 6) is 1.02. The third kappa shape index (κ3) is 2.24. The topological polar surface area (TPSA) is 61.0 Å². The largest absolute Gasteiger partial charge is 0.493 e. The Kier molecular flexibility index (Phi) is 2.68. The molecule has 1 aromatic heterocycles. The summed E-state index contributed by atoms with van der Waals surface area (Å²) >= 11 is 1.44. The van der Waals surface area contributed by atoms with E-state index < -0.39 is 0 Å². The molecule has 0 amide bonds. The average molecular weight is 247 g/mol. The van der Waals surface area contributed by atoms with Gasteiger partial charge in [-0.05, 0) is 30.0 Å². The van der Waals surface area contributed by atoms with Crippen LogP contribution < -0.4 is 10.5 Å². The van der Waals surface area contributed by atoms with Gasteiger partial charge >= 0.3 is 0 Å². The van der Waals surface area contributed by atoms with Gasteiger partial charge in [0.15, 0.2) is 0 Å². The lowest BCUT2D eigenvalue weighted by Crippen LogP contribution is -2.08. The van der Waals surface area contributed by atoms with Gasteiger partial charge in [0.2, 0.25) is 5.13 Å². The van der Waals surface area contributed by atoms with E-state index in [4.69, 9.17) is 10.5 Å². The van der Waals surface area contributed by atoms with Gasteiger partial charge < -0.3 is 10.5 Å². The molecule has 1 aliphatic rings. The lowest BCUT2D eigenvalue weighted by molar-refractivity contribution is 0.288. The maximum atomic E-state index is 5.59. The van der Waals surface area contributed by atoms with E-state index in [9.17, 15) is 0 Å². The van der Waals surface area contributed by atoms with E-state index in [1.54, 1.807) is 0 Å². The number of aromatic nitrogens is 2. The highest BCUT2D eigenvalue weighted by Gasteiger charge is 2.11. The molecular weight excluding hydrogens is 234 g/mol. The number of fused-ring (bicyclic) bond motifs is 1. The number of hydrogen-bond donors (Lipinski definition) is 1. The highest BCUT2D eigenvalue weighted by atomic mass is 32.1. The van der Waals surface area contributed by atoms with Gasteiger partial charge in [0.25, 0.3) is 0 Å². The van der Waals surface area contributed by atoms with Crippen LogP contribution in [-0.4, -0.2) is 16.8 Å². The molecule has 4 nitrogen and oxygen atoms in total. The summed E-state index contributed by atoms with van der Waals surface area (Å²) in [4.78, 5) is 0. The van der Waals surface area contributed by atoms with Gasteiger partial charge in [-0.25, -0.2) is 0 Å². The molecule has 3 rings (SSSR count). The monoisotopic (exact) mass is 247 g/mol. The van der Waals surface area contributed by atoms with Gasteiger partial charge in [-0.2, -0.15) is 0 Å². The molecule has 0 radical (unpaired) electrons. The molecule has 17 heavy (non-hydrogen) atoms. The molecule has 0 bridgehead atoms. The molecule has 0 aliphatic carbocycles. The predicted octanol–water partition coefficient (Wildman–Crippen LogP) is 2.04. The van der Waals surface area contributed by atoms with Crippen molar-refractivity contribution in [2.75, 3.05) is 12.3 Å². The molecule has 1 aliphatic heterocycles.